The van der Waals surface area contributed by atoms with Gasteiger partial charge in [-0.2, -0.15) is 5.10 Å². The van der Waals surface area contributed by atoms with E-state index in [-0.39, 0.29) is 19.1 Å². The molecule has 3 N–H and O–H groups in total. The first kappa shape index (κ1) is 26.7. The monoisotopic (exact) mass is 441 g/mol. The number of anilines is 2. The molecule has 3 aromatic heterocycles. The molecule has 0 radical (unpaired) electrons. The van der Waals surface area contributed by atoms with Crippen molar-refractivity contribution in [1.29, 1.82) is 0 Å². The third-order valence-corrected chi connectivity index (χ3v) is 3.77. The standard InChI is InChI=1S/C18H21N7O2.C3H8.C2H6/c1-11-8-12(2)21-16(9-11)23-18-20-5-4-13(22-18)14-10-15(25(3)24-14)17(27)19-6-7-26;1-3-2;1-2/h4-5,8-10,26H,6-7H2,1-3H3,(H,19,27)(H,20,21,22,23);3H2,1-2H3;1-2H3. The number of pyridine rings is 1. The van der Waals surface area contributed by atoms with Crippen molar-refractivity contribution in [2.24, 2.45) is 7.05 Å². The first-order valence-corrected chi connectivity index (χ1v) is 10.9. The van der Waals surface area contributed by atoms with E-state index in [9.17, 15) is 4.79 Å². The molecule has 3 heterocycles. The fraction of sp³-hybridized carbons (Fsp3) is 0.435. The van der Waals surface area contributed by atoms with Crippen molar-refractivity contribution in [2.45, 2.75) is 48.0 Å². The molecule has 0 saturated heterocycles. The molecule has 0 bridgehead atoms. The van der Waals surface area contributed by atoms with E-state index in [0.717, 1.165) is 11.3 Å². The second-order valence-corrected chi connectivity index (χ2v) is 6.79. The van der Waals surface area contributed by atoms with Crippen LogP contribution in [0.4, 0.5) is 11.8 Å². The predicted molar refractivity (Wildman–Crippen MR) is 128 cm³/mol. The minimum Gasteiger partial charge on any atom is -0.395 e. The molecule has 1 amide bonds. The molecule has 0 atom stereocenters. The number of hydrogen-bond acceptors (Lipinski definition) is 7. The normalized spacial score (nSPS) is 9.75. The largest absolute Gasteiger partial charge is 0.395 e. The van der Waals surface area contributed by atoms with E-state index < -0.39 is 0 Å². The lowest BCUT2D eigenvalue weighted by Gasteiger charge is -2.06. The first-order valence-electron chi connectivity index (χ1n) is 10.9. The summed E-state index contributed by atoms with van der Waals surface area (Å²) in [6, 6.07) is 7.26. The molecule has 3 rings (SSSR count). The zero-order valence-electron chi connectivity index (χ0n) is 20.1. The second kappa shape index (κ2) is 13.9. The highest BCUT2D eigenvalue weighted by atomic mass is 16.3. The Labute approximate surface area is 190 Å². The number of hydrogen-bond donors (Lipinski definition) is 3. The highest BCUT2D eigenvalue weighted by Gasteiger charge is 2.15. The van der Waals surface area contributed by atoms with Crippen molar-refractivity contribution >= 4 is 17.7 Å². The number of aliphatic hydroxyl groups is 1. The number of aromatic nitrogens is 5. The van der Waals surface area contributed by atoms with Gasteiger partial charge in [0.05, 0.1) is 12.3 Å². The third-order valence-electron chi connectivity index (χ3n) is 3.77. The molecule has 0 spiro atoms. The van der Waals surface area contributed by atoms with Crippen molar-refractivity contribution in [3.63, 3.8) is 0 Å². The highest BCUT2D eigenvalue weighted by Crippen LogP contribution is 2.19. The van der Waals surface area contributed by atoms with Gasteiger partial charge in [0.1, 0.15) is 17.2 Å². The van der Waals surface area contributed by atoms with Crippen LogP contribution in [0.25, 0.3) is 11.4 Å². The first-order chi connectivity index (χ1) is 15.4. The topological polar surface area (TPSA) is 118 Å². The minimum absolute atomic E-state index is 0.121. The summed E-state index contributed by atoms with van der Waals surface area (Å²) in [6.07, 6.45) is 2.87. The summed E-state index contributed by atoms with van der Waals surface area (Å²) in [5.74, 6) is 0.744. The van der Waals surface area contributed by atoms with Gasteiger partial charge in [-0.3, -0.25) is 9.48 Å². The smallest absolute Gasteiger partial charge is 0.269 e. The number of rotatable bonds is 6. The van der Waals surface area contributed by atoms with E-state index in [2.05, 4.69) is 44.5 Å². The molecule has 0 aromatic carbocycles. The van der Waals surface area contributed by atoms with Gasteiger partial charge in [-0.25, -0.2) is 15.0 Å². The average molecular weight is 442 g/mol. The molecule has 9 heteroatoms. The van der Waals surface area contributed by atoms with Crippen molar-refractivity contribution in [3.8, 4) is 11.4 Å². The quantitative estimate of drug-likeness (QED) is 0.532. The van der Waals surface area contributed by atoms with Crippen LogP contribution in [0.3, 0.4) is 0 Å². The minimum atomic E-state index is -0.308. The molecule has 32 heavy (non-hydrogen) atoms. The van der Waals surface area contributed by atoms with E-state index >= 15 is 0 Å². The molecule has 0 aliphatic heterocycles. The van der Waals surface area contributed by atoms with Crippen LogP contribution in [-0.2, 0) is 7.05 Å². The van der Waals surface area contributed by atoms with Gasteiger partial charge in [0, 0.05) is 25.5 Å². The average Bonchev–Trinajstić information content (AvgIpc) is 3.15. The predicted octanol–water partition coefficient (Wildman–Crippen LogP) is 3.80. The van der Waals surface area contributed by atoms with Crippen LogP contribution in [0.2, 0.25) is 0 Å². The lowest BCUT2D eigenvalue weighted by Crippen LogP contribution is -2.28. The Balaban J connectivity index is 0.000000944. The molecular formula is C23H35N7O2. The number of amides is 1. The van der Waals surface area contributed by atoms with Gasteiger partial charge >= 0.3 is 0 Å². The van der Waals surface area contributed by atoms with Gasteiger partial charge in [-0.05, 0) is 43.7 Å². The van der Waals surface area contributed by atoms with Gasteiger partial charge in [-0.15, -0.1) is 0 Å². The van der Waals surface area contributed by atoms with Crippen molar-refractivity contribution < 1.29 is 9.90 Å². The zero-order chi connectivity index (χ0) is 24.1. The summed E-state index contributed by atoms with van der Waals surface area (Å²) in [4.78, 5) is 25.2. The fourth-order valence-corrected chi connectivity index (χ4v) is 2.65. The van der Waals surface area contributed by atoms with E-state index in [4.69, 9.17) is 5.11 Å². The number of aliphatic hydroxyl groups excluding tert-OH is 1. The van der Waals surface area contributed by atoms with Crippen LogP contribution in [0.15, 0.2) is 30.5 Å². The Bertz CT molecular complexity index is 966. The number of carbonyl (C=O) groups is 1. The lowest BCUT2D eigenvalue weighted by atomic mass is 10.2. The van der Waals surface area contributed by atoms with Gasteiger partial charge in [-0.1, -0.05) is 34.1 Å². The van der Waals surface area contributed by atoms with E-state index in [1.807, 2.05) is 39.8 Å². The summed E-state index contributed by atoms with van der Waals surface area (Å²) in [5, 5.41) is 18.9. The van der Waals surface area contributed by atoms with Gasteiger partial charge in [0.25, 0.3) is 5.91 Å². The number of carbonyl (C=O) groups excluding carboxylic acids is 1. The molecule has 3 aromatic rings. The summed E-state index contributed by atoms with van der Waals surface area (Å²) >= 11 is 0. The molecule has 174 valence electrons. The maximum atomic E-state index is 12.1. The third kappa shape index (κ3) is 8.07. The van der Waals surface area contributed by atoms with Crippen LogP contribution >= 0.6 is 0 Å². The molecule has 0 aliphatic carbocycles. The highest BCUT2D eigenvalue weighted by molar-refractivity contribution is 5.93. The van der Waals surface area contributed by atoms with E-state index in [1.54, 1.807) is 25.4 Å². The molecule has 0 saturated carbocycles. The van der Waals surface area contributed by atoms with Gasteiger partial charge in [0.2, 0.25) is 5.95 Å². The van der Waals surface area contributed by atoms with Crippen LogP contribution in [0.5, 0.6) is 0 Å². The summed E-state index contributed by atoms with van der Waals surface area (Å²) < 4.78 is 1.47. The number of nitrogens with one attached hydrogen (secondary N) is 2. The number of aryl methyl sites for hydroxylation is 3. The maximum absolute atomic E-state index is 12.1. The van der Waals surface area contributed by atoms with Crippen molar-refractivity contribution in [1.82, 2.24) is 30.0 Å². The van der Waals surface area contributed by atoms with E-state index in [1.165, 1.54) is 11.1 Å². The molecule has 0 unspecified atom stereocenters. The van der Waals surface area contributed by atoms with Crippen LogP contribution in [0, 0.1) is 13.8 Å². The van der Waals surface area contributed by atoms with Crippen LogP contribution < -0.4 is 10.6 Å². The lowest BCUT2D eigenvalue weighted by molar-refractivity contribution is 0.0935. The Morgan fingerprint density at radius 1 is 1.09 bits per heavy atom. The Kier molecular flexibility index (Phi) is 11.6. The second-order valence-electron chi connectivity index (χ2n) is 6.79. The van der Waals surface area contributed by atoms with Crippen LogP contribution in [-0.4, -0.2) is 48.9 Å². The molecule has 0 aliphatic rings. The Hall–Kier alpha value is -3.33. The fourth-order valence-electron chi connectivity index (χ4n) is 2.65. The summed E-state index contributed by atoms with van der Waals surface area (Å²) in [5.41, 5.74) is 3.49. The molecule has 0 fully saturated rings. The van der Waals surface area contributed by atoms with Crippen molar-refractivity contribution in [3.05, 3.63) is 47.4 Å². The van der Waals surface area contributed by atoms with Crippen molar-refractivity contribution in [2.75, 3.05) is 18.5 Å². The number of nitrogens with zero attached hydrogens (tertiary/aromatic N) is 5. The maximum Gasteiger partial charge on any atom is 0.269 e. The van der Waals surface area contributed by atoms with Gasteiger partial charge < -0.3 is 15.7 Å². The van der Waals surface area contributed by atoms with Gasteiger partial charge in [0.15, 0.2) is 0 Å². The zero-order valence-corrected chi connectivity index (χ0v) is 20.1. The Morgan fingerprint density at radius 2 is 1.78 bits per heavy atom. The summed E-state index contributed by atoms with van der Waals surface area (Å²) in [6.45, 7) is 12.2. The Morgan fingerprint density at radius 3 is 2.41 bits per heavy atom. The SMILES string of the molecule is CC.CCC.Cc1cc(C)nc(Nc2nccc(-c3cc(C(=O)NCCO)n(C)n3)n2)c1. The van der Waals surface area contributed by atoms with Crippen LogP contribution in [0.1, 0.15) is 55.9 Å². The molecule has 9 nitrogen and oxygen atoms in total. The van der Waals surface area contributed by atoms with E-state index in [0.29, 0.717) is 28.8 Å². The summed E-state index contributed by atoms with van der Waals surface area (Å²) in [7, 11) is 1.68. The molecular weight excluding hydrogens is 406 g/mol.